The van der Waals surface area contributed by atoms with Crippen LogP contribution >= 0.6 is 0 Å². The molecule has 8 nitrogen and oxygen atoms in total. The van der Waals surface area contributed by atoms with Crippen LogP contribution < -0.4 is 25.3 Å². The molecule has 1 heterocycles. The molecule has 0 fully saturated rings. The van der Waals surface area contributed by atoms with Crippen LogP contribution in [0.25, 0.3) is 0 Å². The molecule has 0 saturated carbocycles. The Bertz CT molecular complexity index is 1030. The number of hydrogen-bond donors (Lipinski definition) is 3. The molecule has 8 heteroatoms. The summed E-state index contributed by atoms with van der Waals surface area (Å²) in [5, 5.41) is 2.93. The van der Waals surface area contributed by atoms with Crippen LogP contribution in [0.5, 0.6) is 23.0 Å². The van der Waals surface area contributed by atoms with Crippen LogP contribution in [0.3, 0.4) is 0 Å². The lowest BCUT2D eigenvalue weighted by molar-refractivity contribution is 0.0938. The average molecular weight is 410 g/mol. The Labute approximate surface area is 175 Å². The van der Waals surface area contributed by atoms with Crippen molar-refractivity contribution in [1.29, 1.82) is 0 Å². The molecule has 0 bridgehead atoms. The van der Waals surface area contributed by atoms with E-state index >= 15 is 0 Å². The largest absolute Gasteiger partial charge is 0.496 e. The van der Waals surface area contributed by atoms with Crippen LogP contribution in [0.4, 0.5) is 0 Å². The molecule has 1 unspecified atom stereocenters. The number of nitrogens with two attached hydrogens (primary N) is 1. The summed E-state index contributed by atoms with van der Waals surface area (Å²) in [5.41, 5.74) is 7.96. The van der Waals surface area contributed by atoms with Crippen LogP contribution in [0.1, 0.15) is 40.4 Å². The second kappa shape index (κ2) is 9.32. The summed E-state index contributed by atoms with van der Waals surface area (Å²) in [6, 6.07) is 10.1. The lowest BCUT2D eigenvalue weighted by Crippen LogP contribution is -2.27. The zero-order chi connectivity index (χ0) is 21.7. The van der Waals surface area contributed by atoms with Crippen molar-refractivity contribution in [3.8, 4) is 23.0 Å². The van der Waals surface area contributed by atoms with Gasteiger partial charge in [0.1, 0.15) is 17.3 Å². The number of methoxy groups -OCH3 is 2. The molecule has 4 N–H and O–H groups in total. The second-order valence-corrected chi connectivity index (χ2v) is 6.76. The summed E-state index contributed by atoms with van der Waals surface area (Å²) >= 11 is 0. The highest BCUT2D eigenvalue weighted by Crippen LogP contribution is 2.36. The highest BCUT2D eigenvalue weighted by Gasteiger charge is 2.17. The molecule has 2 aromatic carbocycles. The summed E-state index contributed by atoms with van der Waals surface area (Å²) in [6.07, 6.45) is 1.72. The van der Waals surface area contributed by atoms with E-state index < -0.39 is 0 Å². The number of carbonyl (C=O) groups is 1. The maximum Gasteiger partial charge on any atom is 0.251 e. The van der Waals surface area contributed by atoms with E-state index in [1.54, 1.807) is 44.7 Å². The van der Waals surface area contributed by atoms with Crippen LogP contribution in [-0.2, 0) is 6.54 Å². The van der Waals surface area contributed by atoms with Crippen molar-refractivity contribution < 1.29 is 19.0 Å². The van der Waals surface area contributed by atoms with Gasteiger partial charge in [0, 0.05) is 24.0 Å². The van der Waals surface area contributed by atoms with Gasteiger partial charge in [-0.05, 0) is 44.2 Å². The third-order valence-electron chi connectivity index (χ3n) is 4.64. The summed E-state index contributed by atoms with van der Waals surface area (Å²) in [5.74, 6) is 2.49. The maximum absolute atomic E-state index is 12.8. The van der Waals surface area contributed by atoms with Crippen molar-refractivity contribution in [3.63, 3.8) is 0 Å². The molecule has 0 radical (unpaired) electrons. The number of rotatable bonds is 8. The first-order chi connectivity index (χ1) is 14.5. The van der Waals surface area contributed by atoms with Gasteiger partial charge in [0.15, 0.2) is 11.5 Å². The molecular weight excluding hydrogens is 384 g/mol. The average Bonchev–Trinajstić information content (AvgIpc) is 3.19. The Hall–Kier alpha value is -3.52. The third-order valence-corrected chi connectivity index (χ3v) is 4.64. The van der Waals surface area contributed by atoms with Crippen molar-refractivity contribution in [3.05, 3.63) is 65.2 Å². The van der Waals surface area contributed by atoms with Gasteiger partial charge in [-0.25, -0.2) is 4.98 Å². The van der Waals surface area contributed by atoms with Crippen molar-refractivity contribution in [2.24, 2.45) is 5.73 Å². The van der Waals surface area contributed by atoms with Gasteiger partial charge >= 0.3 is 0 Å². The fraction of sp³-hybridized carbons (Fsp3) is 0.273. The Balaban J connectivity index is 1.86. The van der Waals surface area contributed by atoms with E-state index in [2.05, 4.69) is 15.3 Å². The van der Waals surface area contributed by atoms with E-state index in [-0.39, 0.29) is 18.5 Å². The van der Waals surface area contributed by atoms with Crippen molar-refractivity contribution >= 4 is 5.91 Å². The van der Waals surface area contributed by atoms with Gasteiger partial charge in [0.25, 0.3) is 5.91 Å². The molecule has 0 aliphatic heterocycles. The quantitative estimate of drug-likeness (QED) is 0.524. The van der Waals surface area contributed by atoms with E-state index in [9.17, 15) is 4.79 Å². The molecule has 1 amide bonds. The molecule has 1 aromatic heterocycles. The SMILES string of the molecule is COc1ccc(C(=O)NC(C)c2ncc(C)[nH]2)cc1Oc1cccc(OC)c1CN. The molecule has 3 rings (SSSR count). The Kier molecular flexibility index (Phi) is 6.58. The van der Waals surface area contributed by atoms with Gasteiger partial charge in [0.2, 0.25) is 0 Å². The smallest absolute Gasteiger partial charge is 0.251 e. The van der Waals surface area contributed by atoms with E-state index in [1.807, 2.05) is 26.0 Å². The van der Waals surface area contributed by atoms with Crippen molar-refractivity contribution in [2.45, 2.75) is 26.4 Å². The molecule has 1 atom stereocenters. The second-order valence-electron chi connectivity index (χ2n) is 6.76. The molecule has 0 aliphatic carbocycles. The fourth-order valence-electron chi connectivity index (χ4n) is 3.05. The van der Waals surface area contributed by atoms with Gasteiger partial charge in [-0.3, -0.25) is 4.79 Å². The lowest BCUT2D eigenvalue weighted by atomic mass is 10.1. The van der Waals surface area contributed by atoms with Gasteiger partial charge in [0.05, 0.1) is 25.8 Å². The minimum absolute atomic E-state index is 0.238. The Morgan fingerprint density at radius 2 is 1.87 bits per heavy atom. The molecule has 30 heavy (non-hydrogen) atoms. The number of benzene rings is 2. The minimum atomic E-state index is -0.278. The predicted octanol–water partition coefficient (Wildman–Crippen LogP) is 3.48. The number of aromatic nitrogens is 2. The van der Waals surface area contributed by atoms with E-state index in [1.165, 1.54) is 0 Å². The number of H-pyrrole nitrogens is 1. The summed E-state index contributed by atoms with van der Waals surface area (Å²) < 4.78 is 16.8. The van der Waals surface area contributed by atoms with E-state index in [4.69, 9.17) is 19.9 Å². The third kappa shape index (κ3) is 4.55. The Morgan fingerprint density at radius 1 is 1.13 bits per heavy atom. The van der Waals surface area contributed by atoms with Crippen LogP contribution in [0.2, 0.25) is 0 Å². The summed E-state index contributed by atoms with van der Waals surface area (Å²) in [6.45, 7) is 4.01. The number of nitrogens with zero attached hydrogens (tertiary/aromatic N) is 1. The van der Waals surface area contributed by atoms with Gasteiger partial charge in [-0.2, -0.15) is 0 Å². The zero-order valence-electron chi connectivity index (χ0n) is 17.5. The van der Waals surface area contributed by atoms with Gasteiger partial charge in [-0.1, -0.05) is 6.07 Å². The summed E-state index contributed by atoms with van der Waals surface area (Å²) in [7, 11) is 3.12. The number of aryl methyl sites for hydroxylation is 1. The number of imidazole rings is 1. The van der Waals surface area contributed by atoms with Crippen LogP contribution in [0, 0.1) is 6.92 Å². The first-order valence-electron chi connectivity index (χ1n) is 9.51. The Morgan fingerprint density at radius 3 is 2.50 bits per heavy atom. The van der Waals surface area contributed by atoms with Gasteiger partial charge in [-0.15, -0.1) is 0 Å². The van der Waals surface area contributed by atoms with E-state index in [0.29, 0.717) is 34.4 Å². The predicted molar refractivity (Wildman–Crippen MR) is 113 cm³/mol. The monoisotopic (exact) mass is 410 g/mol. The normalized spacial score (nSPS) is 11.6. The van der Waals surface area contributed by atoms with Crippen molar-refractivity contribution in [1.82, 2.24) is 15.3 Å². The number of amides is 1. The van der Waals surface area contributed by atoms with Crippen LogP contribution in [0.15, 0.2) is 42.6 Å². The molecule has 158 valence electrons. The molecule has 3 aromatic rings. The number of nitrogens with one attached hydrogen (secondary N) is 2. The molecule has 0 saturated heterocycles. The molecular formula is C22H26N4O4. The standard InChI is InChI=1S/C22H26N4O4/c1-13-12-24-21(25-13)14(2)26-22(27)15-8-9-19(29-4)20(10-15)30-18-7-5-6-17(28-3)16(18)11-23/h5-10,12,14H,11,23H2,1-4H3,(H,24,25)(H,26,27). The van der Waals surface area contributed by atoms with Crippen LogP contribution in [-0.4, -0.2) is 30.1 Å². The number of carbonyl (C=O) groups excluding carboxylic acids is 1. The first kappa shape index (κ1) is 21.2. The topological polar surface area (TPSA) is 111 Å². The first-order valence-corrected chi connectivity index (χ1v) is 9.51. The lowest BCUT2D eigenvalue weighted by Gasteiger charge is -2.16. The number of hydrogen-bond acceptors (Lipinski definition) is 6. The van der Waals surface area contributed by atoms with Crippen molar-refractivity contribution in [2.75, 3.05) is 14.2 Å². The zero-order valence-corrected chi connectivity index (χ0v) is 17.5. The molecule has 0 aliphatic rings. The number of ether oxygens (including phenoxy) is 3. The highest BCUT2D eigenvalue weighted by atomic mass is 16.5. The van der Waals surface area contributed by atoms with Gasteiger partial charge < -0.3 is 30.2 Å². The maximum atomic E-state index is 12.8. The van der Waals surface area contributed by atoms with E-state index in [0.717, 1.165) is 11.3 Å². The fourth-order valence-corrected chi connectivity index (χ4v) is 3.05. The summed E-state index contributed by atoms with van der Waals surface area (Å²) in [4.78, 5) is 20.2. The number of aromatic amines is 1. The minimum Gasteiger partial charge on any atom is -0.496 e. The molecule has 0 spiro atoms. The highest BCUT2D eigenvalue weighted by molar-refractivity contribution is 5.95.